The number of nitrogens with one attached hydrogen (secondary N) is 3. The molecule has 0 spiro atoms. The van der Waals surface area contributed by atoms with Crippen molar-refractivity contribution in [1.82, 2.24) is 20.4 Å². The molecule has 0 aliphatic carbocycles. The maximum atomic E-state index is 12.6. The van der Waals surface area contributed by atoms with Crippen molar-refractivity contribution < 1.29 is 4.79 Å². The molecule has 3 N–H and O–H groups in total. The van der Waals surface area contributed by atoms with Crippen molar-refractivity contribution in [1.29, 1.82) is 0 Å². The molecular formula is C19H19N5OS2. The highest BCUT2D eigenvalue weighted by Crippen LogP contribution is 2.30. The number of anilines is 1. The lowest BCUT2D eigenvalue weighted by molar-refractivity contribution is -0.117. The zero-order valence-corrected chi connectivity index (χ0v) is 16.1. The Morgan fingerprint density at radius 3 is 2.89 bits per heavy atom. The molecule has 2 atom stereocenters. The van der Waals surface area contributed by atoms with Gasteiger partial charge >= 0.3 is 0 Å². The third-order valence-electron chi connectivity index (χ3n) is 4.86. The number of aromatic nitrogens is 2. The van der Waals surface area contributed by atoms with E-state index in [1.807, 2.05) is 30.3 Å². The van der Waals surface area contributed by atoms with E-state index in [4.69, 9.17) is 0 Å². The highest BCUT2D eigenvalue weighted by molar-refractivity contribution is 7.99. The number of aryl methyl sites for hydroxylation is 1. The van der Waals surface area contributed by atoms with Crippen LogP contribution in [0.2, 0.25) is 0 Å². The number of rotatable bonds is 4. The fraction of sp³-hybridized carbons (Fsp3) is 0.263. The van der Waals surface area contributed by atoms with E-state index in [0.717, 1.165) is 40.8 Å². The zero-order chi connectivity index (χ0) is 18.2. The minimum absolute atomic E-state index is 0.0216. The van der Waals surface area contributed by atoms with Crippen molar-refractivity contribution in [3.63, 3.8) is 0 Å². The first-order chi connectivity index (χ1) is 13.3. The van der Waals surface area contributed by atoms with Gasteiger partial charge in [0.1, 0.15) is 6.04 Å². The number of hydrogen-bond donors (Lipinski definition) is 3. The SMILES string of the molecule is O=C(Nc1ccc(-c2cn3c(n2)SCC3)cc1)C1CC(c2cccs2)NN1. The number of carbonyl (C=O) groups excluding carboxylic acids is 1. The molecule has 1 fully saturated rings. The Morgan fingerprint density at radius 1 is 1.22 bits per heavy atom. The van der Waals surface area contributed by atoms with Gasteiger partial charge in [-0.15, -0.1) is 11.3 Å². The lowest BCUT2D eigenvalue weighted by atomic mass is 10.1. The summed E-state index contributed by atoms with van der Waals surface area (Å²) >= 11 is 3.49. The average molecular weight is 398 g/mol. The summed E-state index contributed by atoms with van der Waals surface area (Å²) in [4.78, 5) is 18.5. The van der Waals surface area contributed by atoms with Gasteiger partial charge in [-0.3, -0.25) is 4.79 Å². The molecule has 0 radical (unpaired) electrons. The molecule has 138 valence electrons. The summed E-state index contributed by atoms with van der Waals surface area (Å²) in [5.41, 5.74) is 9.16. The molecule has 0 saturated carbocycles. The first-order valence-electron chi connectivity index (χ1n) is 8.92. The summed E-state index contributed by atoms with van der Waals surface area (Å²) < 4.78 is 2.19. The Morgan fingerprint density at radius 2 is 2.11 bits per heavy atom. The fourth-order valence-electron chi connectivity index (χ4n) is 3.41. The molecule has 1 amide bonds. The smallest absolute Gasteiger partial charge is 0.242 e. The van der Waals surface area contributed by atoms with Gasteiger partial charge in [0.2, 0.25) is 5.91 Å². The predicted molar refractivity (Wildman–Crippen MR) is 109 cm³/mol. The number of fused-ring (bicyclic) bond motifs is 1. The van der Waals surface area contributed by atoms with Crippen molar-refractivity contribution in [2.24, 2.45) is 0 Å². The van der Waals surface area contributed by atoms with Gasteiger partial charge in [0.05, 0.1) is 11.7 Å². The summed E-state index contributed by atoms with van der Waals surface area (Å²) in [6.07, 6.45) is 2.84. The standard InChI is InChI=1S/C19H19N5OS2/c25-18(15-10-14(22-23-15)17-2-1-8-26-17)20-13-5-3-12(4-6-13)16-11-24-7-9-27-19(24)21-16/h1-6,8,11,14-15,22-23H,7,9-10H2,(H,20,25). The summed E-state index contributed by atoms with van der Waals surface area (Å²) in [6, 6.07) is 11.9. The minimum Gasteiger partial charge on any atom is -0.325 e. The number of hydrazine groups is 1. The number of amides is 1. The third-order valence-corrected chi connectivity index (χ3v) is 6.81. The molecule has 0 bridgehead atoms. The predicted octanol–water partition coefficient (Wildman–Crippen LogP) is 3.26. The Labute approximate surface area is 165 Å². The van der Waals surface area contributed by atoms with Crippen LogP contribution in [-0.2, 0) is 11.3 Å². The van der Waals surface area contributed by atoms with Crippen LogP contribution in [0.5, 0.6) is 0 Å². The fourth-order valence-corrected chi connectivity index (χ4v) is 5.14. The van der Waals surface area contributed by atoms with Gasteiger partial charge in [-0.25, -0.2) is 15.8 Å². The first kappa shape index (κ1) is 17.0. The van der Waals surface area contributed by atoms with Crippen molar-refractivity contribution in [2.45, 2.75) is 30.2 Å². The van der Waals surface area contributed by atoms with E-state index in [1.165, 1.54) is 4.88 Å². The topological polar surface area (TPSA) is 71.0 Å². The van der Waals surface area contributed by atoms with Crippen LogP contribution in [0, 0.1) is 0 Å². The van der Waals surface area contributed by atoms with E-state index < -0.39 is 0 Å². The molecule has 1 aromatic carbocycles. The maximum absolute atomic E-state index is 12.6. The molecule has 3 aromatic rings. The van der Waals surface area contributed by atoms with Gasteiger partial charge < -0.3 is 9.88 Å². The average Bonchev–Trinajstić information content (AvgIpc) is 3.45. The Kier molecular flexibility index (Phi) is 4.48. The zero-order valence-electron chi connectivity index (χ0n) is 14.5. The molecule has 2 aliphatic rings. The van der Waals surface area contributed by atoms with Crippen LogP contribution in [-0.4, -0.2) is 27.3 Å². The molecule has 2 aromatic heterocycles. The van der Waals surface area contributed by atoms with Crippen molar-refractivity contribution >= 4 is 34.7 Å². The lowest BCUT2D eigenvalue weighted by Gasteiger charge is -2.11. The summed E-state index contributed by atoms with van der Waals surface area (Å²) in [5.74, 6) is 1.08. The Bertz CT molecular complexity index is 930. The maximum Gasteiger partial charge on any atom is 0.242 e. The van der Waals surface area contributed by atoms with Crippen molar-refractivity contribution in [3.05, 3.63) is 52.9 Å². The van der Waals surface area contributed by atoms with Crippen LogP contribution in [0.1, 0.15) is 17.3 Å². The number of thioether (sulfide) groups is 1. The second kappa shape index (κ2) is 7.12. The molecule has 2 aliphatic heterocycles. The second-order valence-corrected chi connectivity index (χ2v) is 8.70. The van der Waals surface area contributed by atoms with Crippen LogP contribution >= 0.6 is 23.1 Å². The van der Waals surface area contributed by atoms with Crippen molar-refractivity contribution in [2.75, 3.05) is 11.1 Å². The number of imidazole rings is 1. The van der Waals surface area contributed by atoms with E-state index in [-0.39, 0.29) is 18.0 Å². The highest BCUT2D eigenvalue weighted by atomic mass is 32.2. The summed E-state index contributed by atoms with van der Waals surface area (Å²) in [7, 11) is 0. The molecule has 1 saturated heterocycles. The minimum atomic E-state index is -0.245. The molecule has 27 heavy (non-hydrogen) atoms. The first-order valence-corrected chi connectivity index (χ1v) is 10.8. The molecular weight excluding hydrogens is 378 g/mol. The second-order valence-electron chi connectivity index (χ2n) is 6.66. The van der Waals surface area contributed by atoms with Crippen LogP contribution in [0.25, 0.3) is 11.3 Å². The van der Waals surface area contributed by atoms with Crippen LogP contribution in [0.4, 0.5) is 5.69 Å². The number of hydrogen-bond acceptors (Lipinski definition) is 6. The van der Waals surface area contributed by atoms with E-state index >= 15 is 0 Å². The molecule has 2 unspecified atom stereocenters. The number of benzene rings is 1. The number of nitrogens with zero attached hydrogens (tertiary/aromatic N) is 2. The quantitative estimate of drug-likeness (QED) is 0.630. The third kappa shape index (κ3) is 3.41. The van der Waals surface area contributed by atoms with Gasteiger partial charge in [0.15, 0.2) is 5.16 Å². The van der Waals surface area contributed by atoms with Gasteiger partial charge in [-0.1, -0.05) is 30.0 Å². The van der Waals surface area contributed by atoms with E-state index in [9.17, 15) is 4.79 Å². The normalized spacial score (nSPS) is 21.3. The Balaban J connectivity index is 1.22. The van der Waals surface area contributed by atoms with Crippen LogP contribution in [0.3, 0.4) is 0 Å². The van der Waals surface area contributed by atoms with Crippen LogP contribution in [0.15, 0.2) is 53.1 Å². The number of thiophene rings is 1. The molecule has 4 heterocycles. The lowest BCUT2D eigenvalue weighted by Crippen LogP contribution is -2.39. The van der Waals surface area contributed by atoms with E-state index in [2.05, 4.69) is 43.4 Å². The largest absolute Gasteiger partial charge is 0.325 e. The monoisotopic (exact) mass is 397 g/mol. The van der Waals surface area contributed by atoms with Crippen LogP contribution < -0.4 is 16.2 Å². The molecule has 6 nitrogen and oxygen atoms in total. The summed E-state index contributed by atoms with van der Waals surface area (Å²) in [6.45, 7) is 1.02. The van der Waals surface area contributed by atoms with Gasteiger partial charge in [0, 0.05) is 34.6 Å². The molecule has 8 heteroatoms. The van der Waals surface area contributed by atoms with E-state index in [0.29, 0.717) is 0 Å². The molecule has 5 rings (SSSR count). The Hall–Kier alpha value is -2.13. The highest BCUT2D eigenvalue weighted by Gasteiger charge is 2.30. The van der Waals surface area contributed by atoms with Gasteiger partial charge in [-0.2, -0.15) is 0 Å². The summed E-state index contributed by atoms with van der Waals surface area (Å²) in [5, 5.41) is 6.14. The van der Waals surface area contributed by atoms with Gasteiger partial charge in [-0.05, 0) is 30.0 Å². The van der Waals surface area contributed by atoms with E-state index in [1.54, 1.807) is 23.1 Å². The van der Waals surface area contributed by atoms with Gasteiger partial charge in [0.25, 0.3) is 0 Å². The number of carbonyl (C=O) groups is 1. The van der Waals surface area contributed by atoms with Crippen molar-refractivity contribution in [3.8, 4) is 11.3 Å².